The Morgan fingerprint density at radius 1 is 1.59 bits per heavy atom. The van der Waals surface area contributed by atoms with Crippen molar-refractivity contribution in [1.82, 2.24) is 4.98 Å². The largest absolute Gasteiger partial charge is 0.481 e. The Labute approximate surface area is 97.8 Å². The minimum atomic E-state index is -0.877. The van der Waals surface area contributed by atoms with Crippen molar-refractivity contribution in [2.24, 2.45) is 0 Å². The van der Waals surface area contributed by atoms with Crippen molar-refractivity contribution in [2.75, 3.05) is 18.0 Å². The van der Waals surface area contributed by atoms with E-state index >= 15 is 0 Å². The minimum Gasteiger partial charge on any atom is -0.481 e. The zero-order valence-electron chi connectivity index (χ0n) is 9.37. The zero-order chi connectivity index (χ0) is 12.8. The number of aromatic nitrogens is 1. The molecule has 7 nitrogen and oxygen atoms in total. The Balaban J connectivity index is 2.75. The maximum atomic E-state index is 10.5. The van der Waals surface area contributed by atoms with E-state index in [4.69, 9.17) is 5.11 Å². The van der Waals surface area contributed by atoms with Crippen molar-refractivity contribution in [2.45, 2.75) is 13.3 Å². The fourth-order valence-electron chi connectivity index (χ4n) is 1.37. The summed E-state index contributed by atoms with van der Waals surface area (Å²) in [4.78, 5) is 25.8. The Hall–Kier alpha value is -2.18. The van der Waals surface area contributed by atoms with Gasteiger partial charge in [-0.1, -0.05) is 0 Å². The molecule has 1 N–H and O–H groups in total. The van der Waals surface area contributed by atoms with Crippen LogP contribution in [0, 0.1) is 10.1 Å². The number of carboxylic acids is 1. The second kappa shape index (κ2) is 5.78. The van der Waals surface area contributed by atoms with Gasteiger partial charge in [0.05, 0.1) is 12.1 Å². The molecule has 0 unspecified atom stereocenters. The summed E-state index contributed by atoms with van der Waals surface area (Å²) in [7, 11) is 0. The van der Waals surface area contributed by atoms with Gasteiger partial charge in [0.1, 0.15) is 0 Å². The van der Waals surface area contributed by atoms with Crippen LogP contribution in [0.4, 0.5) is 11.5 Å². The molecule has 0 saturated carbocycles. The number of rotatable bonds is 6. The highest BCUT2D eigenvalue weighted by Gasteiger charge is 2.11. The Morgan fingerprint density at radius 2 is 2.29 bits per heavy atom. The molecule has 0 aliphatic rings. The molecule has 1 aromatic rings. The number of nitrogens with zero attached hydrogens (tertiary/aromatic N) is 3. The Morgan fingerprint density at radius 3 is 2.71 bits per heavy atom. The van der Waals surface area contributed by atoms with Crippen LogP contribution in [-0.2, 0) is 4.79 Å². The van der Waals surface area contributed by atoms with Crippen molar-refractivity contribution in [1.29, 1.82) is 0 Å². The first kappa shape index (κ1) is 12.9. The van der Waals surface area contributed by atoms with Crippen LogP contribution >= 0.6 is 0 Å². The molecule has 0 bridgehead atoms. The fraction of sp³-hybridized carbons (Fsp3) is 0.400. The van der Waals surface area contributed by atoms with Crippen LogP contribution in [0.1, 0.15) is 13.3 Å². The lowest BCUT2D eigenvalue weighted by molar-refractivity contribution is -0.389. The van der Waals surface area contributed by atoms with E-state index in [2.05, 4.69) is 4.98 Å². The third kappa shape index (κ3) is 3.71. The summed E-state index contributed by atoms with van der Waals surface area (Å²) in [5.41, 5.74) is 0.680. The van der Waals surface area contributed by atoms with Gasteiger partial charge in [-0.3, -0.25) is 4.79 Å². The van der Waals surface area contributed by atoms with E-state index in [-0.39, 0.29) is 12.2 Å². The summed E-state index contributed by atoms with van der Waals surface area (Å²) in [6.07, 6.45) is 1.40. The second-order valence-electron chi connectivity index (χ2n) is 3.36. The lowest BCUT2D eigenvalue weighted by Gasteiger charge is -2.20. The van der Waals surface area contributed by atoms with E-state index in [0.29, 0.717) is 18.8 Å². The average molecular weight is 239 g/mol. The number of anilines is 1. The van der Waals surface area contributed by atoms with Crippen LogP contribution in [0.3, 0.4) is 0 Å². The van der Waals surface area contributed by atoms with E-state index in [9.17, 15) is 14.9 Å². The number of hydrogen-bond donors (Lipinski definition) is 1. The maximum Gasteiger partial charge on any atom is 0.363 e. The monoisotopic (exact) mass is 239 g/mol. The maximum absolute atomic E-state index is 10.5. The average Bonchev–Trinajstić information content (AvgIpc) is 2.30. The first-order valence-electron chi connectivity index (χ1n) is 5.11. The van der Waals surface area contributed by atoms with Gasteiger partial charge in [-0.2, -0.15) is 0 Å². The standard InChI is InChI=1S/C10H13N3O4/c1-2-12(6-5-10(14)15)8-3-4-9(11-7-8)13(16)17/h3-4,7H,2,5-6H2,1H3,(H,14,15). The molecule has 17 heavy (non-hydrogen) atoms. The zero-order valence-corrected chi connectivity index (χ0v) is 9.37. The lowest BCUT2D eigenvalue weighted by Crippen LogP contribution is -2.25. The summed E-state index contributed by atoms with van der Waals surface area (Å²) < 4.78 is 0. The van der Waals surface area contributed by atoms with E-state index in [1.165, 1.54) is 12.3 Å². The fourth-order valence-corrected chi connectivity index (χ4v) is 1.37. The molecule has 7 heteroatoms. The quantitative estimate of drug-likeness (QED) is 0.593. The van der Waals surface area contributed by atoms with Crippen LogP contribution in [0.15, 0.2) is 18.3 Å². The summed E-state index contributed by atoms with van der Waals surface area (Å²) in [6, 6.07) is 2.87. The van der Waals surface area contributed by atoms with E-state index in [0.717, 1.165) is 0 Å². The van der Waals surface area contributed by atoms with E-state index in [1.807, 2.05) is 6.92 Å². The molecule has 92 valence electrons. The third-order valence-electron chi connectivity index (χ3n) is 2.26. The molecule has 0 spiro atoms. The molecule has 0 atom stereocenters. The number of hydrogen-bond acceptors (Lipinski definition) is 5. The van der Waals surface area contributed by atoms with Crippen molar-refractivity contribution in [3.05, 3.63) is 28.4 Å². The number of pyridine rings is 1. The van der Waals surface area contributed by atoms with Crippen molar-refractivity contribution >= 4 is 17.5 Å². The molecule has 0 saturated heterocycles. The van der Waals surface area contributed by atoms with E-state index < -0.39 is 10.9 Å². The molecule has 0 aromatic carbocycles. The molecular weight excluding hydrogens is 226 g/mol. The predicted octanol–water partition coefficient (Wildman–Crippen LogP) is 1.29. The van der Waals surface area contributed by atoms with Crippen molar-refractivity contribution in [3.8, 4) is 0 Å². The van der Waals surface area contributed by atoms with Crippen molar-refractivity contribution < 1.29 is 14.8 Å². The Kier molecular flexibility index (Phi) is 4.38. The Bertz CT molecular complexity index is 405. The van der Waals surface area contributed by atoms with Crippen LogP contribution in [-0.4, -0.2) is 34.1 Å². The van der Waals surface area contributed by atoms with Crippen LogP contribution in [0.25, 0.3) is 0 Å². The number of carboxylic acid groups (broad SMARTS) is 1. The van der Waals surface area contributed by atoms with Gasteiger partial charge in [0.25, 0.3) is 0 Å². The molecule has 0 amide bonds. The summed E-state index contributed by atoms with van der Waals surface area (Å²) in [6.45, 7) is 2.85. The summed E-state index contributed by atoms with van der Waals surface area (Å²) in [5.74, 6) is -1.10. The molecule has 0 aliphatic heterocycles. The third-order valence-corrected chi connectivity index (χ3v) is 2.26. The second-order valence-corrected chi connectivity index (χ2v) is 3.36. The SMILES string of the molecule is CCN(CCC(=O)O)c1ccc([N+](=O)[O-])nc1. The minimum absolute atomic E-state index is 0.0187. The number of carbonyl (C=O) groups is 1. The predicted molar refractivity (Wildman–Crippen MR) is 61.0 cm³/mol. The smallest absolute Gasteiger partial charge is 0.363 e. The van der Waals surface area contributed by atoms with Gasteiger partial charge in [0.2, 0.25) is 0 Å². The van der Waals surface area contributed by atoms with Gasteiger partial charge in [-0.05, 0) is 22.9 Å². The number of nitro groups is 1. The highest BCUT2D eigenvalue weighted by atomic mass is 16.6. The molecule has 0 fully saturated rings. The van der Waals surface area contributed by atoms with Gasteiger partial charge in [0.15, 0.2) is 6.20 Å². The van der Waals surface area contributed by atoms with Gasteiger partial charge in [-0.15, -0.1) is 0 Å². The molecule has 0 aliphatic carbocycles. The highest BCUT2D eigenvalue weighted by molar-refractivity contribution is 5.67. The van der Waals surface area contributed by atoms with Gasteiger partial charge >= 0.3 is 11.8 Å². The van der Waals surface area contributed by atoms with Crippen LogP contribution in [0.5, 0.6) is 0 Å². The van der Waals surface area contributed by atoms with E-state index in [1.54, 1.807) is 11.0 Å². The first-order valence-corrected chi connectivity index (χ1v) is 5.11. The van der Waals surface area contributed by atoms with Gasteiger partial charge in [-0.25, -0.2) is 0 Å². The molecule has 1 aromatic heterocycles. The first-order chi connectivity index (χ1) is 8.04. The van der Waals surface area contributed by atoms with Crippen molar-refractivity contribution in [3.63, 3.8) is 0 Å². The normalized spacial score (nSPS) is 9.94. The summed E-state index contributed by atoms with van der Waals surface area (Å²) >= 11 is 0. The molecule has 1 heterocycles. The molecular formula is C10H13N3O4. The number of aliphatic carboxylic acids is 1. The van der Waals surface area contributed by atoms with Crippen LogP contribution in [0.2, 0.25) is 0 Å². The van der Waals surface area contributed by atoms with Gasteiger partial charge < -0.3 is 20.1 Å². The lowest BCUT2D eigenvalue weighted by atomic mass is 10.3. The summed E-state index contributed by atoms with van der Waals surface area (Å²) in [5, 5.41) is 19.0. The van der Waals surface area contributed by atoms with Crippen LogP contribution < -0.4 is 4.90 Å². The highest BCUT2D eigenvalue weighted by Crippen LogP contribution is 2.16. The van der Waals surface area contributed by atoms with Gasteiger partial charge in [0, 0.05) is 19.2 Å². The molecule has 0 radical (unpaired) electrons. The molecule has 1 rings (SSSR count). The topological polar surface area (TPSA) is 96.6 Å².